The lowest BCUT2D eigenvalue weighted by molar-refractivity contribution is -0.384. The second-order valence-electron chi connectivity index (χ2n) is 5.90. The summed E-state index contributed by atoms with van der Waals surface area (Å²) >= 11 is 0. The maximum absolute atomic E-state index is 12.3. The normalized spacial score (nSPS) is 13.2. The lowest BCUT2D eigenvalue weighted by atomic mass is 10.1. The lowest BCUT2D eigenvalue weighted by Crippen LogP contribution is -2.23. The zero-order valence-corrected chi connectivity index (χ0v) is 13.8. The van der Waals surface area contributed by atoms with E-state index in [4.69, 9.17) is 4.74 Å². The van der Waals surface area contributed by atoms with E-state index in [1.807, 2.05) is 24.3 Å². The number of anilines is 1. The predicted molar refractivity (Wildman–Crippen MR) is 93.9 cm³/mol. The molecule has 0 aromatic heterocycles. The average Bonchev–Trinajstić information content (AvgIpc) is 3.44. The van der Waals surface area contributed by atoms with Crippen LogP contribution in [0.25, 0.3) is 0 Å². The molecule has 3 rings (SSSR count). The van der Waals surface area contributed by atoms with Crippen molar-refractivity contribution in [3.63, 3.8) is 0 Å². The van der Waals surface area contributed by atoms with Crippen molar-refractivity contribution in [3.8, 4) is 5.75 Å². The molecule has 1 fully saturated rings. The van der Waals surface area contributed by atoms with E-state index >= 15 is 0 Å². The maximum atomic E-state index is 12.3. The summed E-state index contributed by atoms with van der Waals surface area (Å²) in [6.07, 6.45) is 2.02. The molecule has 0 spiro atoms. The van der Waals surface area contributed by atoms with Crippen LogP contribution in [0.15, 0.2) is 42.5 Å². The Morgan fingerprint density at radius 3 is 2.72 bits per heavy atom. The fourth-order valence-electron chi connectivity index (χ4n) is 2.52. The van der Waals surface area contributed by atoms with Crippen LogP contribution in [0.3, 0.4) is 0 Å². The molecule has 0 aliphatic heterocycles. The number of nitro benzene ring substituents is 1. The van der Waals surface area contributed by atoms with E-state index < -0.39 is 4.92 Å². The van der Waals surface area contributed by atoms with Crippen LogP contribution < -0.4 is 15.4 Å². The van der Waals surface area contributed by atoms with Crippen LogP contribution in [0.1, 0.15) is 28.8 Å². The quantitative estimate of drug-likeness (QED) is 0.596. The lowest BCUT2D eigenvalue weighted by Gasteiger charge is -2.10. The van der Waals surface area contributed by atoms with Gasteiger partial charge in [0.15, 0.2) is 0 Å². The van der Waals surface area contributed by atoms with Crippen LogP contribution in [0.5, 0.6) is 5.75 Å². The summed E-state index contributed by atoms with van der Waals surface area (Å²) in [5.74, 6) is 0.310. The van der Waals surface area contributed by atoms with Crippen molar-refractivity contribution < 1.29 is 14.5 Å². The molecule has 0 unspecified atom stereocenters. The minimum Gasteiger partial charge on any atom is -0.496 e. The van der Waals surface area contributed by atoms with Gasteiger partial charge in [-0.2, -0.15) is 0 Å². The molecule has 0 atom stereocenters. The fourth-order valence-corrected chi connectivity index (χ4v) is 2.52. The zero-order valence-electron chi connectivity index (χ0n) is 13.8. The molecular weight excluding hydrogens is 322 g/mol. The summed E-state index contributed by atoms with van der Waals surface area (Å²) in [6.45, 7) is 0.277. The number of nitrogens with one attached hydrogen (secondary N) is 2. The summed E-state index contributed by atoms with van der Waals surface area (Å²) in [4.78, 5) is 23.2. The minimum atomic E-state index is -0.471. The summed E-state index contributed by atoms with van der Waals surface area (Å²) in [5.41, 5.74) is 1.45. The van der Waals surface area contributed by atoms with Crippen LogP contribution in [0.2, 0.25) is 0 Å². The molecule has 7 nitrogen and oxygen atoms in total. The van der Waals surface area contributed by atoms with Gasteiger partial charge in [-0.25, -0.2) is 0 Å². The number of amides is 1. The Morgan fingerprint density at radius 2 is 2.04 bits per heavy atom. The smallest absolute Gasteiger partial charge is 0.293 e. The van der Waals surface area contributed by atoms with E-state index in [-0.39, 0.29) is 23.7 Å². The average molecular weight is 341 g/mol. The van der Waals surface area contributed by atoms with Gasteiger partial charge < -0.3 is 15.4 Å². The van der Waals surface area contributed by atoms with Crippen molar-refractivity contribution in [2.75, 3.05) is 12.4 Å². The van der Waals surface area contributed by atoms with Crippen molar-refractivity contribution in [1.29, 1.82) is 0 Å². The van der Waals surface area contributed by atoms with Gasteiger partial charge in [-0.1, -0.05) is 18.2 Å². The third-order valence-electron chi connectivity index (χ3n) is 4.03. The van der Waals surface area contributed by atoms with E-state index in [0.29, 0.717) is 17.5 Å². The summed E-state index contributed by atoms with van der Waals surface area (Å²) in [7, 11) is 1.57. The highest BCUT2D eigenvalue weighted by molar-refractivity contribution is 5.95. The molecule has 0 heterocycles. The van der Waals surface area contributed by atoms with Gasteiger partial charge in [0.05, 0.1) is 12.0 Å². The first kappa shape index (κ1) is 16.8. The molecule has 2 aromatic carbocycles. The SMILES string of the molecule is COc1ccccc1CNC(=O)c1ccc(NC2CC2)c([N+](=O)[O-])c1. The topological polar surface area (TPSA) is 93.5 Å². The second-order valence-corrected chi connectivity index (χ2v) is 5.90. The molecule has 0 saturated heterocycles. The van der Waals surface area contributed by atoms with Gasteiger partial charge in [-0.05, 0) is 31.0 Å². The molecular formula is C18H19N3O4. The molecule has 0 bridgehead atoms. The fraction of sp³-hybridized carbons (Fsp3) is 0.278. The number of rotatable bonds is 7. The number of carbonyl (C=O) groups excluding carboxylic acids is 1. The Morgan fingerprint density at radius 1 is 1.28 bits per heavy atom. The molecule has 2 N–H and O–H groups in total. The first-order chi connectivity index (χ1) is 12.1. The number of benzene rings is 2. The highest BCUT2D eigenvalue weighted by atomic mass is 16.6. The van der Waals surface area contributed by atoms with Gasteiger partial charge in [0, 0.05) is 29.8 Å². The molecule has 1 saturated carbocycles. The molecule has 7 heteroatoms. The number of ether oxygens (including phenoxy) is 1. The largest absolute Gasteiger partial charge is 0.496 e. The molecule has 1 aliphatic carbocycles. The highest BCUT2D eigenvalue weighted by Crippen LogP contribution is 2.31. The zero-order chi connectivity index (χ0) is 17.8. The predicted octanol–water partition coefficient (Wildman–Crippen LogP) is 3.11. The van der Waals surface area contributed by atoms with Crippen molar-refractivity contribution in [2.45, 2.75) is 25.4 Å². The Hall–Kier alpha value is -3.09. The molecule has 1 aliphatic rings. The monoisotopic (exact) mass is 341 g/mol. The Bertz CT molecular complexity index is 803. The third-order valence-corrected chi connectivity index (χ3v) is 4.03. The number of para-hydroxylation sites is 1. The highest BCUT2D eigenvalue weighted by Gasteiger charge is 2.25. The van der Waals surface area contributed by atoms with Gasteiger partial charge >= 0.3 is 0 Å². The van der Waals surface area contributed by atoms with Crippen LogP contribution in [-0.4, -0.2) is 24.0 Å². The summed E-state index contributed by atoms with van der Waals surface area (Å²) in [5, 5.41) is 17.2. The summed E-state index contributed by atoms with van der Waals surface area (Å²) in [6, 6.07) is 12.1. The van der Waals surface area contributed by atoms with E-state index in [1.54, 1.807) is 19.2 Å². The number of methoxy groups -OCH3 is 1. The maximum Gasteiger partial charge on any atom is 0.293 e. The second kappa shape index (κ2) is 7.21. The van der Waals surface area contributed by atoms with Gasteiger partial charge in [-0.15, -0.1) is 0 Å². The number of hydrogen-bond donors (Lipinski definition) is 2. The number of nitrogens with zero attached hydrogens (tertiary/aromatic N) is 1. The Kier molecular flexibility index (Phi) is 4.83. The molecule has 0 radical (unpaired) electrons. The van der Waals surface area contributed by atoms with Crippen LogP contribution in [0, 0.1) is 10.1 Å². The minimum absolute atomic E-state index is 0.0863. The summed E-state index contributed by atoms with van der Waals surface area (Å²) < 4.78 is 5.24. The van der Waals surface area contributed by atoms with E-state index in [2.05, 4.69) is 10.6 Å². The standard InChI is InChI=1S/C18H19N3O4/c1-25-17-5-3-2-4-13(17)11-19-18(22)12-6-9-15(20-14-7-8-14)16(10-12)21(23)24/h2-6,9-10,14,20H,7-8,11H2,1H3,(H,19,22). The van der Waals surface area contributed by atoms with Crippen LogP contribution in [-0.2, 0) is 6.54 Å². The van der Waals surface area contributed by atoms with Crippen molar-refractivity contribution in [1.82, 2.24) is 5.32 Å². The first-order valence-electron chi connectivity index (χ1n) is 8.03. The number of hydrogen-bond acceptors (Lipinski definition) is 5. The first-order valence-corrected chi connectivity index (χ1v) is 8.03. The van der Waals surface area contributed by atoms with Crippen molar-refractivity contribution in [3.05, 3.63) is 63.7 Å². The van der Waals surface area contributed by atoms with Gasteiger partial charge in [0.25, 0.3) is 11.6 Å². The Balaban J connectivity index is 1.73. The van der Waals surface area contributed by atoms with Gasteiger partial charge in [-0.3, -0.25) is 14.9 Å². The van der Waals surface area contributed by atoms with E-state index in [9.17, 15) is 14.9 Å². The Labute approximate surface area is 145 Å². The van der Waals surface area contributed by atoms with Crippen LogP contribution >= 0.6 is 0 Å². The number of carbonyl (C=O) groups is 1. The van der Waals surface area contributed by atoms with E-state index in [1.165, 1.54) is 6.07 Å². The number of nitro groups is 1. The van der Waals surface area contributed by atoms with Crippen LogP contribution in [0.4, 0.5) is 11.4 Å². The van der Waals surface area contributed by atoms with E-state index in [0.717, 1.165) is 18.4 Å². The van der Waals surface area contributed by atoms with Gasteiger partial charge in [0.2, 0.25) is 0 Å². The third kappa shape index (κ3) is 4.06. The molecule has 130 valence electrons. The molecule has 2 aromatic rings. The molecule has 25 heavy (non-hydrogen) atoms. The van der Waals surface area contributed by atoms with Crippen molar-refractivity contribution >= 4 is 17.3 Å². The van der Waals surface area contributed by atoms with Crippen molar-refractivity contribution in [2.24, 2.45) is 0 Å². The molecule has 1 amide bonds. The van der Waals surface area contributed by atoms with Gasteiger partial charge in [0.1, 0.15) is 11.4 Å².